The van der Waals surface area contributed by atoms with E-state index >= 15 is 0 Å². The molecule has 2 aliphatic rings. The van der Waals surface area contributed by atoms with Gasteiger partial charge in [-0.2, -0.15) is 0 Å². The molecule has 6 nitrogen and oxygen atoms in total. The summed E-state index contributed by atoms with van der Waals surface area (Å²) in [6.07, 6.45) is 2.61. The summed E-state index contributed by atoms with van der Waals surface area (Å²) in [7, 11) is 0. The van der Waals surface area contributed by atoms with E-state index in [1.807, 2.05) is 4.90 Å². The molecule has 2 rings (SSSR count). The zero-order valence-corrected chi connectivity index (χ0v) is 12.8. The highest BCUT2D eigenvalue weighted by molar-refractivity contribution is 5.80. The molecule has 2 N–H and O–H groups in total. The Morgan fingerprint density at radius 1 is 1.33 bits per heavy atom. The Kier molecular flexibility index (Phi) is 5.76. The molecule has 0 aromatic heterocycles. The summed E-state index contributed by atoms with van der Waals surface area (Å²) >= 11 is 0. The molecule has 2 amide bonds. The van der Waals surface area contributed by atoms with E-state index in [2.05, 4.69) is 29.0 Å². The van der Waals surface area contributed by atoms with Crippen LogP contribution >= 0.6 is 0 Å². The Morgan fingerprint density at radius 2 is 2.05 bits per heavy atom. The van der Waals surface area contributed by atoms with Crippen LogP contribution < -0.4 is 10.6 Å². The average Bonchev–Trinajstić information content (AvgIpc) is 2.91. The van der Waals surface area contributed by atoms with Crippen LogP contribution in [0, 0.1) is 5.92 Å². The predicted molar refractivity (Wildman–Crippen MR) is 81.8 cm³/mol. The van der Waals surface area contributed by atoms with Gasteiger partial charge in [0.1, 0.15) is 0 Å². The summed E-state index contributed by atoms with van der Waals surface area (Å²) in [5.74, 6) is 0.402. The van der Waals surface area contributed by atoms with Crippen molar-refractivity contribution in [1.82, 2.24) is 20.4 Å². The molecular weight excluding hydrogens is 268 g/mol. The molecule has 2 heterocycles. The van der Waals surface area contributed by atoms with Crippen LogP contribution in [0.3, 0.4) is 0 Å². The lowest BCUT2D eigenvalue weighted by atomic mass is 10.00. The summed E-state index contributed by atoms with van der Waals surface area (Å²) in [5.41, 5.74) is 0. The van der Waals surface area contributed by atoms with Gasteiger partial charge in [-0.3, -0.25) is 14.5 Å². The monoisotopic (exact) mass is 294 g/mol. The smallest absolute Gasteiger partial charge is 0.234 e. The fraction of sp³-hybridized carbons (Fsp3) is 0.733. The number of nitrogens with zero attached hydrogens (tertiary/aromatic N) is 2. The maximum absolute atomic E-state index is 12.5. The normalized spacial score (nSPS) is 26.6. The van der Waals surface area contributed by atoms with Crippen LogP contribution in [0.4, 0.5) is 0 Å². The van der Waals surface area contributed by atoms with E-state index in [0.29, 0.717) is 13.1 Å². The van der Waals surface area contributed by atoms with Crippen molar-refractivity contribution in [2.24, 2.45) is 5.92 Å². The van der Waals surface area contributed by atoms with E-state index in [0.717, 1.165) is 39.1 Å². The number of carbonyl (C=O) groups is 2. The number of amides is 2. The molecule has 2 fully saturated rings. The second kappa shape index (κ2) is 7.56. The van der Waals surface area contributed by atoms with Gasteiger partial charge in [-0.25, -0.2) is 0 Å². The Labute approximate surface area is 126 Å². The Hall–Kier alpha value is -1.40. The fourth-order valence-corrected chi connectivity index (χ4v) is 3.00. The van der Waals surface area contributed by atoms with Crippen LogP contribution in [0.25, 0.3) is 0 Å². The molecule has 0 radical (unpaired) electrons. The largest absolute Gasteiger partial charge is 0.352 e. The van der Waals surface area contributed by atoms with Gasteiger partial charge in [-0.15, -0.1) is 6.58 Å². The highest BCUT2D eigenvalue weighted by Gasteiger charge is 2.33. The van der Waals surface area contributed by atoms with Crippen molar-refractivity contribution in [3.05, 3.63) is 12.7 Å². The standard InChI is InChI=1S/C15H26N4O2/c1-3-5-17-14(20)11-18-7-9-19(10-8-18)15(21)13-4-6-16-12(13)2/h3,12-13,16H,1,4-11H2,2H3,(H,17,20). The second-order valence-electron chi connectivity index (χ2n) is 5.83. The summed E-state index contributed by atoms with van der Waals surface area (Å²) in [4.78, 5) is 28.2. The highest BCUT2D eigenvalue weighted by Crippen LogP contribution is 2.19. The molecule has 0 aromatic carbocycles. The minimum absolute atomic E-state index is 0.0169. The highest BCUT2D eigenvalue weighted by atomic mass is 16.2. The van der Waals surface area contributed by atoms with Gasteiger partial charge < -0.3 is 15.5 Å². The summed E-state index contributed by atoms with van der Waals surface area (Å²) < 4.78 is 0. The van der Waals surface area contributed by atoms with Crippen molar-refractivity contribution in [2.75, 3.05) is 45.8 Å². The van der Waals surface area contributed by atoms with E-state index in [1.165, 1.54) is 0 Å². The maximum Gasteiger partial charge on any atom is 0.234 e. The van der Waals surface area contributed by atoms with Gasteiger partial charge in [-0.05, 0) is 19.9 Å². The fourth-order valence-electron chi connectivity index (χ4n) is 3.00. The lowest BCUT2D eigenvalue weighted by molar-refractivity contribution is -0.137. The molecule has 21 heavy (non-hydrogen) atoms. The lowest BCUT2D eigenvalue weighted by Crippen LogP contribution is -2.53. The van der Waals surface area contributed by atoms with Gasteiger partial charge >= 0.3 is 0 Å². The van der Waals surface area contributed by atoms with Crippen molar-refractivity contribution < 1.29 is 9.59 Å². The van der Waals surface area contributed by atoms with E-state index in [1.54, 1.807) is 6.08 Å². The van der Waals surface area contributed by atoms with E-state index in [-0.39, 0.29) is 23.8 Å². The first-order valence-electron chi connectivity index (χ1n) is 7.74. The first kappa shape index (κ1) is 16.0. The second-order valence-corrected chi connectivity index (χ2v) is 5.83. The van der Waals surface area contributed by atoms with Gasteiger partial charge in [0.2, 0.25) is 11.8 Å². The van der Waals surface area contributed by atoms with E-state index in [9.17, 15) is 9.59 Å². The van der Waals surface area contributed by atoms with Crippen LogP contribution in [0.15, 0.2) is 12.7 Å². The number of hydrogen-bond acceptors (Lipinski definition) is 4. The number of rotatable bonds is 5. The molecular formula is C15H26N4O2. The van der Waals surface area contributed by atoms with Crippen molar-refractivity contribution in [3.63, 3.8) is 0 Å². The molecule has 2 aliphatic heterocycles. The Morgan fingerprint density at radius 3 is 2.62 bits per heavy atom. The van der Waals surface area contributed by atoms with Crippen LogP contribution in [-0.4, -0.2) is 73.5 Å². The number of piperazine rings is 1. The Balaban J connectivity index is 1.74. The zero-order chi connectivity index (χ0) is 15.2. The molecule has 118 valence electrons. The topological polar surface area (TPSA) is 64.7 Å². The van der Waals surface area contributed by atoms with Gasteiger partial charge in [0, 0.05) is 38.8 Å². The zero-order valence-electron chi connectivity index (χ0n) is 12.8. The van der Waals surface area contributed by atoms with E-state index < -0.39 is 0 Å². The first-order valence-corrected chi connectivity index (χ1v) is 7.74. The minimum atomic E-state index is 0.0169. The number of nitrogens with one attached hydrogen (secondary N) is 2. The molecule has 2 saturated heterocycles. The molecule has 2 unspecified atom stereocenters. The van der Waals surface area contributed by atoms with Crippen LogP contribution in [0.5, 0.6) is 0 Å². The van der Waals surface area contributed by atoms with Gasteiger partial charge in [0.05, 0.1) is 12.5 Å². The third-order valence-electron chi connectivity index (χ3n) is 4.34. The molecule has 0 spiro atoms. The summed E-state index contributed by atoms with van der Waals surface area (Å²) in [6, 6.07) is 0.278. The van der Waals surface area contributed by atoms with Gasteiger partial charge in [0.25, 0.3) is 0 Å². The SMILES string of the molecule is C=CCNC(=O)CN1CCN(C(=O)C2CCNC2C)CC1. The van der Waals surface area contributed by atoms with Crippen LogP contribution in [0.2, 0.25) is 0 Å². The van der Waals surface area contributed by atoms with Crippen molar-refractivity contribution in [1.29, 1.82) is 0 Å². The average molecular weight is 294 g/mol. The minimum Gasteiger partial charge on any atom is -0.352 e. The van der Waals surface area contributed by atoms with Crippen molar-refractivity contribution >= 4 is 11.8 Å². The van der Waals surface area contributed by atoms with Crippen molar-refractivity contribution in [2.45, 2.75) is 19.4 Å². The van der Waals surface area contributed by atoms with Crippen LogP contribution in [0.1, 0.15) is 13.3 Å². The van der Waals surface area contributed by atoms with E-state index in [4.69, 9.17) is 0 Å². The quantitative estimate of drug-likeness (QED) is 0.667. The molecule has 0 bridgehead atoms. The molecule has 0 aromatic rings. The number of carbonyl (C=O) groups excluding carboxylic acids is 2. The first-order chi connectivity index (χ1) is 10.1. The molecule has 0 aliphatic carbocycles. The molecule has 6 heteroatoms. The molecule has 0 saturated carbocycles. The van der Waals surface area contributed by atoms with Gasteiger partial charge in [-0.1, -0.05) is 6.08 Å². The lowest BCUT2D eigenvalue weighted by Gasteiger charge is -2.36. The summed E-state index contributed by atoms with van der Waals surface area (Å²) in [6.45, 7) is 10.5. The third-order valence-corrected chi connectivity index (χ3v) is 4.34. The maximum atomic E-state index is 12.5. The molecule has 2 atom stereocenters. The summed E-state index contributed by atoms with van der Waals surface area (Å²) in [5, 5.41) is 6.10. The van der Waals surface area contributed by atoms with Crippen molar-refractivity contribution in [3.8, 4) is 0 Å². The van der Waals surface area contributed by atoms with Gasteiger partial charge in [0.15, 0.2) is 0 Å². The Bertz CT molecular complexity index is 391. The number of hydrogen-bond donors (Lipinski definition) is 2. The predicted octanol–water partition coefficient (Wildman–Crippen LogP) is -0.569. The van der Waals surface area contributed by atoms with Crippen LogP contribution in [-0.2, 0) is 9.59 Å². The third kappa shape index (κ3) is 4.28.